The van der Waals surface area contributed by atoms with Gasteiger partial charge in [-0.25, -0.2) is 4.79 Å². The Morgan fingerprint density at radius 3 is 2.56 bits per heavy atom. The average molecular weight is 480 g/mol. The molecule has 3 aliphatic rings. The van der Waals surface area contributed by atoms with Crippen LogP contribution in [0.25, 0.3) is 0 Å². The van der Waals surface area contributed by atoms with Crippen LogP contribution in [0.2, 0.25) is 0 Å². The highest BCUT2D eigenvalue weighted by molar-refractivity contribution is 8.01. The van der Waals surface area contributed by atoms with E-state index >= 15 is 0 Å². The summed E-state index contributed by atoms with van der Waals surface area (Å²) in [6.07, 6.45) is 8.41. The van der Waals surface area contributed by atoms with Gasteiger partial charge in [0.05, 0.1) is 12.9 Å². The van der Waals surface area contributed by atoms with Crippen LogP contribution in [-0.2, 0) is 20.7 Å². The Hall–Kier alpha value is -1.73. The molecule has 1 unspecified atom stereocenters. The molecule has 0 radical (unpaired) electrons. The van der Waals surface area contributed by atoms with Crippen LogP contribution in [0.15, 0.2) is 35.3 Å². The van der Waals surface area contributed by atoms with Gasteiger partial charge in [-0.2, -0.15) is 0 Å². The zero-order valence-corrected chi connectivity index (χ0v) is 20.6. The maximum Gasteiger partial charge on any atom is 0.330 e. The molecule has 8 heteroatoms. The summed E-state index contributed by atoms with van der Waals surface area (Å²) >= 11 is 1.66. The summed E-state index contributed by atoms with van der Waals surface area (Å²) in [7, 11) is 0. The summed E-state index contributed by atoms with van der Waals surface area (Å²) in [5.74, 6) is -0.350. The van der Waals surface area contributed by atoms with E-state index in [1.165, 1.54) is 31.2 Å². The number of aliphatic imine (C=N–C) groups is 1. The third-order valence-corrected chi connectivity index (χ3v) is 7.92. The fourth-order valence-electron chi connectivity index (χ4n) is 4.66. The largest absolute Gasteiger partial charge is 0.464 e. The Labute approximate surface area is 201 Å². The molecule has 32 heavy (non-hydrogen) atoms. The van der Waals surface area contributed by atoms with Gasteiger partial charge in [0, 0.05) is 17.8 Å². The summed E-state index contributed by atoms with van der Waals surface area (Å²) in [5, 5.41) is -0.0763. The Balaban J connectivity index is 0.00000289. The quantitative estimate of drug-likeness (QED) is 0.195. The molecule has 0 aromatic heterocycles. The summed E-state index contributed by atoms with van der Waals surface area (Å²) in [5.41, 5.74) is 1.23. The maximum absolute atomic E-state index is 12.9. The molecule has 6 nitrogen and oxygen atoms in total. The lowest BCUT2D eigenvalue weighted by atomic mass is 9.96. The summed E-state index contributed by atoms with van der Waals surface area (Å²) in [6, 6.07) is 9.25. The van der Waals surface area contributed by atoms with E-state index in [0.29, 0.717) is 6.61 Å². The van der Waals surface area contributed by atoms with Gasteiger partial charge in [-0.05, 0) is 45.1 Å². The van der Waals surface area contributed by atoms with Crippen molar-refractivity contribution in [2.45, 2.75) is 74.6 Å². The molecule has 0 spiro atoms. The average Bonchev–Trinajstić information content (AvgIpc) is 2.90. The fourth-order valence-corrected chi connectivity index (χ4v) is 6.28. The van der Waals surface area contributed by atoms with Gasteiger partial charge in [0.15, 0.2) is 6.04 Å². The Morgan fingerprint density at radius 1 is 1.19 bits per heavy atom. The van der Waals surface area contributed by atoms with E-state index in [1.807, 2.05) is 38.4 Å². The zero-order chi connectivity index (χ0) is 21.8. The molecule has 3 heterocycles. The number of hydrogen-bond donors (Lipinski definition) is 0. The van der Waals surface area contributed by atoms with Crippen molar-refractivity contribution in [1.29, 1.82) is 0 Å². The highest BCUT2D eigenvalue weighted by atomic mass is 35.5. The van der Waals surface area contributed by atoms with Crippen LogP contribution >= 0.6 is 24.2 Å². The zero-order valence-electron chi connectivity index (χ0n) is 18.9. The van der Waals surface area contributed by atoms with Crippen molar-refractivity contribution in [2.24, 2.45) is 4.99 Å². The number of rotatable bonds is 7. The number of aryl methyl sites for hydroxylation is 1. The monoisotopic (exact) mass is 479 g/mol. The lowest BCUT2D eigenvalue weighted by Gasteiger charge is -2.42. The molecular formula is C24H34ClN3O3S. The van der Waals surface area contributed by atoms with Crippen LogP contribution in [0.5, 0.6) is 0 Å². The first-order valence-electron chi connectivity index (χ1n) is 11.5. The van der Waals surface area contributed by atoms with Crippen molar-refractivity contribution >= 4 is 42.4 Å². The highest BCUT2D eigenvalue weighted by Crippen LogP contribution is 2.51. The highest BCUT2D eigenvalue weighted by Gasteiger charge is 2.64. The number of likely N-dealkylation sites (tertiary alicyclic amines) is 1. The number of fused-ring (bicyclic) bond motifs is 1. The first-order chi connectivity index (χ1) is 15.0. The van der Waals surface area contributed by atoms with Gasteiger partial charge < -0.3 is 14.5 Å². The molecule has 1 amide bonds. The number of amides is 1. The maximum atomic E-state index is 12.9. The van der Waals surface area contributed by atoms with Gasteiger partial charge in [-0.3, -0.25) is 9.79 Å². The first kappa shape index (κ1) is 24.9. The first-order valence-corrected chi connectivity index (χ1v) is 12.3. The van der Waals surface area contributed by atoms with Crippen molar-refractivity contribution in [3.05, 3.63) is 35.9 Å². The van der Waals surface area contributed by atoms with Crippen molar-refractivity contribution in [1.82, 2.24) is 9.80 Å². The summed E-state index contributed by atoms with van der Waals surface area (Å²) in [4.78, 5) is 34.3. The van der Waals surface area contributed by atoms with Gasteiger partial charge in [0.2, 0.25) is 0 Å². The summed E-state index contributed by atoms with van der Waals surface area (Å²) < 4.78 is 5.21. The van der Waals surface area contributed by atoms with E-state index in [9.17, 15) is 9.59 Å². The topological polar surface area (TPSA) is 62.2 Å². The van der Waals surface area contributed by atoms with Gasteiger partial charge in [0.1, 0.15) is 11.4 Å². The molecule has 0 aliphatic carbocycles. The lowest BCUT2D eigenvalue weighted by Crippen LogP contribution is -2.65. The molecule has 1 aromatic carbocycles. The predicted molar refractivity (Wildman–Crippen MR) is 131 cm³/mol. The molecular weight excluding hydrogens is 446 g/mol. The normalized spacial score (nSPS) is 26.8. The molecule has 3 aliphatic heterocycles. The van der Waals surface area contributed by atoms with Crippen molar-refractivity contribution in [2.75, 3.05) is 19.7 Å². The molecule has 3 fully saturated rings. The van der Waals surface area contributed by atoms with Crippen LogP contribution in [0.1, 0.15) is 51.5 Å². The molecule has 0 N–H and O–H groups in total. The van der Waals surface area contributed by atoms with E-state index in [4.69, 9.17) is 4.74 Å². The lowest BCUT2D eigenvalue weighted by molar-refractivity contribution is -0.162. The van der Waals surface area contributed by atoms with Gasteiger partial charge in [0.25, 0.3) is 5.91 Å². The van der Waals surface area contributed by atoms with E-state index in [-0.39, 0.29) is 40.4 Å². The number of thioether (sulfide) groups is 1. The minimum absolute atomic E-state index is 0. The third-order valence-electron chi connectivity index (χ3n) is 6.36. The number of ether oxygens (including phenoxy) is 1. The van der Waals surface area contributed by atoms with Crippen LogP contribution in [0.3, 0.4) is 0 Å². The SMILES string of the molecule is CC1(C)S[C@@H]2C(/N=C/N3CCCCCC3)C(=O)N2[C@H]1C(=O)OCCCc1ccccc1.Cl. The smallest absolute Gasteiger partial charge is 0.330 e. The summed E-state index contributed by atoms with van der Waals surface area (Å²) in [6.45, 7) is 6.43. The van der Waals surface area contributed by atoms with E-state index in [1.54, 1.807) is 16.7 Å². The molecule has 176 valence electrons. The Kier molecular flexibility index (Phi) is 8.50. The number of nitrogens with zero attached hydrogens (tertiary/aromatic N) is 3. The number of carbonyl (C=O) groups excluding carboxylic acids is 2. The van der Waals surface area contributed by atoms with Gasteiger partial charge in [-0.15, -0.1) is 24.2 Å². The molecule has 1 aromatic rings. The molecule has 3 saturated heterocycles. The van der Waals surface area contributed by atoms with E-state index in [2.05, 4.69) is 22.0 Å². The molecule has 4 rings (SSSR count). The Morgan fingerprint density at radius 2 is 1.88 bits per heavy atom. The second-order valence-electron chi connectivity index (χ2n) is 9.18. The van der Waals surface area contributed by atoms with E-state index < -0.39 is 6.04 Å². The molecule has 0 bridgehead atoms. The van der Waals surface area contributed by atoms with Crippen molar-refractivity contribution in [3.63, 3.8) is 0 Å². The molecule has 3 atom stereocenters. The number of β-lactam (4-membered cyclic amide) rings is 1. The number of carbonyl (C=O) groups is 2. The van der Waals surface area contributed by atoms with Crippen LogP contribution < -0.4 is 0 Å². The second kappa shape index (κ2) is 10.9. The van der Waals surface area contributed by atoms with Crippen LogP contribution in [-0.4, -0.2) is 69.9 Å². The number of benzene rings is 1. The molecule has 0 saturated carbocycles. The van der Waals surface area contributed by atoms with Gasteiger partial charge in [-0.1, -0.05) is 43.2 Å². The standard InChI is InChI=1S/C24H33N3O3S.ClH/c1-24(2)20(23(29)30-16-10-13-18-11-6-5-7-12-18)27-21(28)19(22(27)31-24)25-17-26-14-8-3-4-9-15-26;/h5-7,11-12,17,19-20,22H,3-4,8-10,13-16H2,1-2H3;1H/b25-17+;/t19?,20-,22+;/m0./s1. The number of esters is 1. The van der Waals surface area contributed by atoms with Gasteiger partial charge >= 0.3 is 5.97 Å². The number of halogens is 1. The van der Waals surface area contributed by atoms with E-state index in [0.717, 1.165) is 25.9 Å². The second-order valence-corrected chi connectivity index (χ2v) is 10.9. The third kappa shape index (κ3) is 5.42. The van der Waals surface area contributed by atoms with Crippen molar-refractivity contribution < 1.29 is 14.3 Å². The van der Waals surface area contributed by atoms with Crippen molar-refractivity contribution in [3.8, 4) is 0 Å². The van der Waals surface area contributed by atoms with Crippen LogP contribution in [0, 0.1) is 0 Å². The number of hydrogen-bond acceptors (Lipinski definition) is 5. The van der Waals surface area contributed by atoms with Crippen LogP contribution in [0.4, 0.5) is 0 Å². The minimum Gasteiger partial charge on any atom is -0.464 e. The fraction of sp³-hybridized carbons (Fsp3) is 0.625. The minimum atomic E-state index is -0.545. The predicted octanol–water partition coefficient (Wildman–Crippen LogP) is 3.92. The Bertz CT molecular complexity index is 812.